The standard InChI is InChI=1S/C17H25BrN4O2/c1-2-15-19-14(20-24-15)11-21-5-7-22(8-6-21)16(23)17-4-3-12(10-17)9-13(17)18/h12-13H,2-11H2,1H3/t12-,13+,17+/m1/s1. The van der Waals surface area contributed by atoms with Crippen LogP contribution in [-0.2, 0) is 17.8 Å². The van der Waals surface area contributed by atoms with Crippen LogP contribution in [0.1, 0.15) is 44.3 Å². The molecule has 24 heavy (non-hydrogen) atoms. The van der Waals surface area contributed by atoms with Crippen LogP contribution < -0.4 is 0 Å². The predicted octanol–water partition coefficient (Wildman–Crippen LogP) is 2.23. The Morgan fingerprint density at radius 2 is 2.17 bits per heavy atom. The van der Waals surface area contributed by atoms with Crippen LogP contribution in [0.2, 0.25) is 0 Å². The van der Waals surface area contributed by atoms with Crippen LogP contribution in [0.5, 0.6) is 0 Å². The Morgan fingerprint density at radius 3 is 2.75 bits per heavy atom. The first-order valence-electron chi connectivity index (χ1n) is 9.08. The Hall–Kier alpha value is -0.950. The topological polar surface area (TPSA) is 62.5 Å². The Labute approximate surface area is 151 Å². The number of carbonyl (C=O) groups is 1. The molecule has 7 heteroatoms. The van der Waals surface area contributed by atoms with Gasteiger partial charge in [-0.3, -0.25) is 9.69 Å². The second kappa shape index (κ2) is 6.41. The lowest BCUT2D eigenvalue weighted by atomic mass is 9.82. The number of amides is 1. The Kier molecular flexibility index (Phi) is 4.41. The van der Waals surface area contributed by atoms with Crippen molar-refractivity contribution in [1.29, 1.82) is 0 Å². The molecule has 0 aromatic carbocycles. The molecule has 2 saturated carbocycles. The van der Waals surface area contributed by atoms with E-state index in [0.717, 1.165) is 57.2 Å². The number of halogens is 1. The Balaban J connectivity index is 1.33. The van der Waals surface area contributed by atoms with Crippen molar-refractivity contribution in [3.63, 3.8) is 0 Å². The molecule has 0 spiro atoms. The van der Waals surface area contributed by atoms with Gasteiger partial charge in [0.15, 0.2) is 5.82 Å². The minimum Gasteiger partial charge on any atom is -0.340 e. The number of rotatable bonds is 4. The van der Waals surface area contributed by atoms with Crippen LogP contribution in [-0.4, -0.2) is 56.9 Å². The van der Waals surface area contributed by atoms with E-state index in [4.69, 9.17) is 4.52 Å². The zero-order valence-corrected chi connectivity index (χ0v) is 15.8. The first kappa shape index (κ1) is 16.5. The summed E-state index contributed by atoms with van der Waals surface area (Å²) in [6.07, 6.45) is 5.32. The average molecular weight is 397 g/mol. The molecular formula is C17H25BrN4O2. The van der Waals surface area contributed by atoms with Gasteiger partial charge in [0.05, 0.1) is 12.0 Å². The van der Waals surface area contributed by atoms with E-state index < -0.39 is 0 Å². The molecular weight excluding hydrogens is 372 g/mol. The number of alkyl halides is 1. The highest BCUT2D eigenvalue weighted by atomic mass is 79.9. The molecule has 3 atom stereocenters. The second-order valence-corrected chi connectivity index (χ2v) is 8.60. The maximum absolute atomic E-state index is 13.1. The smallest absolute Gasteiger partial charge is 0.230 e. The molecule has 4 rings (SSSR count). The monoisotopic (exact) mass is 396 g/mol. The minimum absolute atomic E-state index is 0.115. The highest BCUT2D eigenvalue weighted by Crippen LogP contribution is 2.57. The number of fused-ring (bicyclic) bond motifs is 2. The third-order valence-corrected chi connectivity index (χ3v) is 7.30. The molecule has 1 aromatic rings. The summed E-state index contributed by atoms with van der Waals surface area (Å²) in [5.74, 6) is 2.58. The normalized spacial score (nSPS) is 33.3. The molecule has 1 amide bonds. The largest absolute Gasteiger partial charge is 0.340 e. The lowest BCUT2D eigenvalue weighted by molar-refractivity contribution is -0.143. The van der Waals surface area contributed by atoms with Gasteiger partial charge >= 0.3 is 0 Å². The summed E-state index contributed by atoms with van der Waals surface area (Å²) < 4.78 is 5.17. The van der Waals surface area contributed by atoms with Crippen molar-refractivity contribution in [2.45, 2.75) is 50.4 Å². The second-order valence-electron chi connectivity index (χ2n) is 7.49. The maximum atomic E-state index is 13.1. The quantitative estimate of drug-likeness (QED) is 0.730. The van der Waals surface area contributed by atoms with Crippen molar-refractivity contribution in [2.75, 3.05) is 26.2 Å². The highest BCUT2D eigenvalue weighted by molar-refractivity contribution is 9.09. The summed E-state index contributed by atoms with van der Waals surface area (Å²) in [4.78, 5) is 22.3. The minimum atomic E-state index is -0.115. The van der Waals surface area contributed by atoms with Crippen molar-refractivity contribution in [3.8, 4) is 0 Å². The molecule has 3 fully saturated rings. The third kappa shape index (κ3) is 2.79. The van der Waals surface area contributed by atoms with Gasteiger partial charge in [0.2, 0.25) is 11.8 Å². The fraction of sp³-hybridized carbons (Fsp3) is 0.824. The van der Waals surface area contributed by atoms with Crippen LogP contribution in [0, 0.1) is 11.3 Å². The van der Waals surface area contributed by atoms with Crippen molar-refractivity contribution in [1.82, 2.24) is 19.9 Å². The third-order valence-electron chi connectivity index (χ3n) is 6.05. The van der Waals surface area contributed by atoms with Crippen molar-refractivity contribution < 1.29 is 9.32 Å². The molecule has 2 bridgehead atoms. The first-order valence-corrected chi connectivity index (χ1v) is 9.99. The summed E-state index contributed by atoms with van der Waals surface area (Å²) in [6.45, 7) is 6.10. The van der Waals surface area contributed by atoms with Crippen LogP contribution in [0.4, 0.5) is 0 Å². The lowest BCUT2D eigenvalue weighted by Gasteiger charge is -2.40. The summed E-state index contributed by atoms with van der Waals surface area (Å²) in [6, 6.07) is 0. The Morgan fingerprint density at radius 1 is 1.38 bits per heavy atom. The molecule has 2 heterocycles. The molecule has 1 aliphatic heterocycles. The van der Waals surface area contributed by atoms with E-state index in [0.29, 0.717) is 23.2 Å². The number of aromatic nitrogens is 2. The van der Waals surface area contributed by atoms with E-state index in [-0.39, 0.29) is 5.41 Å². The fourth-order valence-electron chi connectivity index (χ4n) is 4.64. The predicted molar refractivity (Wildman–Crippen MR) is 92.6 cm³/mol. The van der Waals surface area contributed by atoms with Crippen molar-refractivity contribution in [3.05, 3.63) is 11.7 Å². The van der Waals surface area contributed by atoms with Crippen LogP contribution >= 0.6 is 15.9 Å². The molecule has 3 aliphatic rings. The summed E-state index contributed by atoms with van der Waals surface area (Å²) in [7, 11) is 0. The van der Waals surface area contributed by atoms with Gasteiger partial charge in [-0.05, 0) is 31.6 Å². The van der Waals surface area contributed by atoms with E-state index in [2.05, 4.69) is 35.9 Å². The first-order chi connectivity index (χ1) is 11.6. The van der Waals surface area contributed by atoms with Crippen LogP contribution in [0.25, 0.3) is 0 Å². The van der Waals surface area contributed by atoms with E-state index in [1.165, 1.54) is 12.8 Å². The zero-order valence-electron chi connectivity index (χ0n) is 14.2. The molecule has 0 radical (unpaired) electrons. The number of aryl methyl sites for hydroxylation is 1. The fourth-order valence-corrected chi connectivity index (χ4v) is 5.78. The molecule has 1 saturated heterocycles. The molecule has 2 aliphatic carbocycles. The number of hydrogen-bond donors (Lipinski definition) is 0. The molecule has 0 N–H and O–H groups in total. The number of carbonyl (C=O) groups excluding carboxylic acids is 1. The van der Waals surface area contributed by atoms with Gasteiger partial charge in [-0.25, -0.2) is 0 Å². The van der Waals surface area contributed by atoms with Gasteiger partial charge in [-0.1, -0.05) is 28.0 Å². The van der Waals surface area contributed by atoms with Gasteiger partial charge in [0.1, 0.15) is 0 Å². The highest BCUT2D eigenvalue weighted by Gasteiger charge is 2.57. The van der Waals surface area contributed by atoms with Gasteiger partial charge in [-0.2, -0.15) is 4.98 Å². The van der Waals surface area contributed by atoms with Crippen LogP contribution in [0.3, 0.4) is 0 Å². The van der Waals surface area contributed by atoms with Gasteiger partial charge in [0, 0.05) is 37.4 Å². The number of hydrogen-bond acceptors (Lipinski definition) is 5. The van der Waals surface area contributed by atoms with Crippen molar-refractivity contribution in [2.24, 2.45) is 11.3 Å². The molecule has 1 aromatic heterocycles. The zero-order chi connectivity index (χ0) is 16.7. The van der Waals surface area contributed by atoms with Gasteiger partial charge in [-0.15, -0.1) is 0 Å². The van der Waals surface area contributed by atoms with Gasteiger partial charge in [0.25, 0.3) is 0 Å². The molecule has 132 valence electrons. The summed E-state index contributed by atoms with van der Waals surface area (Å²) >= 11 is 3.80. The van der Waals surface area contributed by atoms with E-state index >= 15 is 0 Å². The molecule has 6 nitrogen and oxygen atoms in total. The van der Waals surface area contributed by atoms with E-state index in [1.807, 2.05) is 6.92 Å². The molecule has 0 unspecified atom stereocenters. The lowest BCUT2D eigenvalue weighted by Crippen LogP contribution is -2.53. The average Bonchev–Trinajstić information content (AvgIpc) is 3.29. The van der Waals surface area contributed by atoms with E-state index in [1.54, 1.807) is 0 Å². The number of nitrogens with zero attached hydrogens (tertiary/aromatic N) is 4. The maximum Gasteiger partial charge on any atom is 0.230 e. The van der Waals surface area contributed by atoms with Gasteiger partial charge < -0.3 is 9.42 Å². The Bertz CT molecular complexity index is 613. The van der Waals surface area contributed by atoms with Crippen LogP contribution in [0.15, 0.2) is 4.52 Å². The SMILES string of the molecule is CCc1nc(CN2CCN(C(=O)[C@]34CC[C@H](C[C@@H]3Br)C4)CC2)no1. The summed E-state index contributed by atoms with van der Waals surface area (Å²) in [5, 5.41) is 4.02. The van der Waals surface area contributed by atoms with E-state index in [9.17, 15) is 4.79 Å². The number of piperazine rings is 1. The summed E-state index contributed by atoms with van der Waals surface area (Å²) in [5.41, 5.74) is -0.115. The van der Waals surface area contributed by atoms with Crippen molar-refractivity contribution >= 4 is 21.8 Å².